The molecule has 2 amide bonds. The molecular weight excluding hydrogens is 388 g/mol. The number of hydrogen-bond donors (Lipinski definition) is 2. The van der Waals surface area contributed by atoms with Crippen LogP contribution in [0, 0.1) is 13.8 Å². The standard InChI is InChI=1S/C21H20N4O3S/c1-12-7-16(9-22-13(12)2)24-20(27)18-17-3-5-25(10-15(17)8-23-19(18)26)21(28)14-4-6-29-11-14/h4,6-9,11H,3,5,10H2,1-2H3,(H,23,26)(H,24,27). The van der Waals surface area contributed by atoms with Crippen LogP contribution in [0.1, 0.15) is 43.1 Å². The number of carbonyl (C=O) groups is 2. The number of anilines is 1. The predicted octanol–water partition coefficient (Wildman–Crippen LogP) is 2.90. The number of fused-ring (bicyclic) bond motifs is 1. The quantitative estimate of drug-likeness (QED) is 0.697. The van der Waals surface area contributed by atoms with Gasteiger partial charge in [0.1, 0.15) is 5.56 Å². The molecule has 0 saturated carbocycles. The van der Waals surface area contributed by atoms with E-state index in [-0.39, 0.29) is 11.5 Å². The van der Waals surface area contributed by atoms with Gasteiger partial charge in [-0.2, -0.15) is 11.3 Å². The molecule has 0 aromatic carbocycles. The van der Waals surface area contributed by atoms with Crippen LogP contribution in [0.25, 0.3) is 0 Å². The molecular formula is C21H20N4O3S. The minimum atomic E-state index is -0.467. The van der Waals surface area contributed by atoms with Crippen molar-refractivity contribution in [3.63, 3.8) is 0 Å². The van der Waals surface area contributed by atoms with Gasteiger partial charge in [0, 0.05) is 30.4 Å². The topological polar surface area (TPSA) is 95.2 Å². The summed E-state index contributed by atoms with van der Waals surface area (Å²) in [7, 11) is 0. The van der Waals surface area contributed by atoms with E-state index in [1.165, 1.54) is 11.3 Å². The fourth-order valence-electron chi connectivity index (χ4n) is 3.45. The minimum absolute atomic E-state index is 0.0460. The predicted molar refractivity (Wildman–Crippen MR) is 111 cm³/mol. The molecule has 0 spiro atoms. The van der Waals surface area contributed by atoms with Gasteiger partial charge >= 0.3 is 0 Å². The third-order valence-corrected chi connectivity index (χ3v) is 5.85. The smallest absolute Gasteiger partial charge is 0.261 e. The number of carbonyl (C=O) groups excluding carboxylic acids is 2. The van der Waals surface area contributed by atoms with Crippen LogP contribution >= 0.6 is 11.3 Å². The second-order valence-electron chi connectivity index (χ2n) is 7.07. The Morgan fingerprint density at radius 2 is 2.14 bits per heavy atom. The lowest BCUT2D eigenvalue weighted by atomic mass is 9.96. The molecule has 0 radical (unpaired) electrons. The maximum absolute atomic E-state index is 12.9. The van der Waals surface area contributed by atoms with E-state index in [1.54, 1.807) is 23.4 Å². The summed E-state index contributed by atoms with van der Waals surface area (Å²) < 4.78 is 0. The van der Waals surface area contributed by atoms with Crippen LogP contribution < -0.4 is 10.9 Å². The Labute approximate surface area is 171 Å². The van der Waals surface area contributed by atoms with Gasteiger partial charge in [-0.05, 0) is 54.5 Å². The molecule has 148 valence electrons. The van der Waals surface area contributed by atoms with Gasteiger partial charge in [0.05, 0.1) is 17.4 Å². The first-order chi connectivity index (χ1) is 13.9. The Morgan fingerprint density at radius 3 is 2.86 bits per heavy atom. The van der Waals surface area contributed by atoms with E-state index < -0.39 is 11.5 Å². The summed E-state index contributed by atoms with van der Waals surface area (Å²) in [4.78, 5) is 46.6. The molecule has 0 aliphatic carbocycles. The van der Waals surface area contributed by atoms with Crippen molar-refractivity contribution in [3.8, 4) is 0 Å². The lowest BCUT2D eigenvalue weighted by Gasteiger charge is -2.29. The number of nitrogens with zero attached hydrogens (tertiary/aromatic N) is 2. The summed E-state index contributed by atoms with van der Waals surface area (Å²) in [6.45, 7) is 4.61. The zero-order valence-corrected chi connectivity index (χ0v) is 16.9. The largest absolute Gasteiger partial charge is 0.334 e. The molecule has 4 heterocycles. The Bertz CT molecular complexity index is 1150. The van der Waals surface area contributed by atoms with E-state index in [9.17, 15) is 14.4 Å². The van der Waals surface area contributed by atoms with Crippen LogP contribution in [0.5, 0.6) is 0 Å². The molecule has 29 heavy (non-hydrogen) atoms. The molecule has 1 aliphatic rings. The Balaban J connectivity index is 1.60. The average Bonchev–Trinajstić information content (AvgIpc) is 3.24. The molecule has 0 fully saturated rings. The second-order valence-corrected chi connectivity index (χ2v) is 7.85. The second kappa shape index (κ2) is 7.63. The number of hydrogen-bond acceptors (Lipinski definition) is 5. The van der Waals surface area contributed by atoms with Gasteiger partial charge < -0.3 is 15.2 Å². The number of H-pyrrole nitrogens is 1. The normalized spacial score (nSPS) is 13.1. The van der Waals surface area contributed by atoms with Crippen molar-refractivity contribution in [2.75, 3.05) is 11.9 Å². The number of aromatic nitrogens is 2. The highest BCUT2D eigenvalue weighted by molar-refractivity contribution is 7.08. The van der Waals surface area contributed by atoms with Crippen LogP contribution in [0.15, 0.2) is 40.1 Å². The molecule has 4 rings (SSSR count). The monoisotopic (exact) mass is 408 g/mol. The van der Waals surface area contributed by atoms with E-state index in [0.717, 1.165) is 16.8 Å². The van der Waals surface area contributed by atoms with Gasteiger partial charge in [0.2, 0.25) is 0 Å². The molecule has 0 atom stereocenters. The van der Waals surface area contributed by atoms with Gasteiger partial charge in [-0.15, -0.1) is 0 Å². The van der Waals surface area contributed by atoms with E-state index >= 15 is 0 Å². The molecule has 0 bridgehead atoms. The molecule has 3 aromatic rings. The SMILES string of the molecule is Cc1cc(NC(=O)c2c3c(c[nH]c2=O)CN(C(=O)c2ccsc2)CC3)cnc1C. The summed E-state index contributed by atoms with van der Waals surface area (Å²) in [5.41, 5.74) is 4.17. The first kappa shape index (κ1) is 19.1. The van der Waals surface area contributed by atoms with E-state index in [0.29, 0.717) is 36.3 Å². The van der Waals surface area contributed by atoms with Gasteiger partial charge in [0.25, 0.3) is 17.4 Å². The number of nitrogens with one attached hydrogen (secondary N) is 2. The molecule has 8 heteroatoms. The molecule has 0 saturated heterocycles. The summed E-state index contributed by atoms with van der Waals surface area (Å²) in [5, 5.41) is 6.46. The number of pyridine rings is 2. The van der Waals surface area contributed by atoms with E-state index in [1.807, 2.05) is 30.7 Å². The highest BCUT2D eigenvalue weighted by Gasteiger charge is 2.27. The summed E-state index contributed by atoms with van der Waals surface area (Å²) in [6, 6.07) is 3.62. The molecule has 0 unspecified atom stereocenters. The van der Waals surface area contributed by atoms with Crippen molar-refractivity contribution < 1.29 is 9.59 Å². The van der Waals surface area contributed by atoms with E-state index in [4.69, 9.17) is 0 Å². The van der Waals surface area contributed by atoms with Crippen LogP contribution in [0.4, 0.5) is 5.69 Å². The lowest BCUT2D eigenvalue weighted by Crippen LogP contribution is -2.38. The number of rotatable bonds is 3. The third kappa shape index (κ3) is 3.71. The molecule has 2 N–H and O–H groups in total. The Morgan fingerprint density at radius 1 is 1.31 bits per heavy atom. The number of amides is 2. The number of aryl methyl sites for hydroxylation is 2. The Kier molecular flexibility index (Phi) is 5.02. The van der Waals surface area contributed by atoms with Crippen molar-refractivity contribution in [1.82, 2.24) is 14.9 Å². The first-order valence-electron chi connectivity index (χ1n) is 9.23. The van der Waals surface area contributed by atoms with Crippen molar-refractivity contribution >= 4 is 28.8 Å². The van der Waals surface area contributed by atoms with Gasteiger partial charge in [0.15, 0.2) is 0 Å². The van der Waals surface area contributed by atoms with Gasteiger partial charge in [-0.1, -0.05) is 0 Å². The zero-order valence-electron chi connectivity index (χ0n) is 16.1. The van der Waals surface area contributed by atoms with Crippen molar-refractivity contribution in [1.29, 1.82) is 0 Å². The fraction of sp³-hybridized carbons (Fsp3) is 0.238. The van der Waals surface area contributed by atoms with Crippen LogP contribution in [-0.4, -0.2) is 33.2 Å². The summed E-state index contributed by atoms with van der Waals surface area (Å²) >= 11 is 1.48. The highest BCUT2D eigenvalue weighted by atomic mass is 32.1. The zero-order chi connectivity index (χ0) is 20.5. The fourth-order valence-corrected chi connectivity index (χ4v) is 4.08. The number of aromatic amines is 1. The first-order valence-corrected chi connectivity index (χ1v) is 10.2. The third-order valence-electron chi connectivity index (χ3n) is 5.17. The van der Waals surface area contributed by atoms with Gasteiger partial charge in [-0.25, -0.2) is 0 Å². The highest BCUT2D eigenvalue weighted by Crippen LogP contribution is 2.23. The summed E-state index contributed by atoms with van der Waals surface area (Å²) in [5.74, 6) is -0.513. The maximum atomic E-state index is 12.9. The Hall–Kier alpha value is -3.26. The lowest BCUT2D eigenvalue weighted by molar-refractivity contribution is 0.0735. The maximum Gasteiger partial charge on any atom is 0.261 e. The molecule has 7 nitrogen and oxygen atoms in total. The summed E-state index contributed by atoms with van der Waals surface area (Å²) in [6.07, 6.45) is 3.62. The van der Waals surface area contributed by atoms with Gasteiger partial charge in [-0.3, -0.25) is 19.4 Å². The number of thiophene rings is 1. The van der Waals surface area contributed by atoms with Crippen LogP contribution in [0.3, 0.4) is 0 Å². The van der Waals surface area contributed by atoms with Crippen molar-refractivity contribution in [3.05, 3.63) is 79.2 Å². The molecule has 3 aromatic heterocycles. The van der Waals surface area contributed by atoms with Crippen LogP contribution in [0.2, 0.25) is 0 Å². The minimum Gasteiger partial charge on any atom is -0.334 e. The average molecular weight is 408 g/mol. The van der Waals surface area contributed by atoms with Crippen LogP contribution in [-0.2, 0) is 13.0 Å². The van der Waals surface area contributed by atoms with E-state index in [2.05, 4.69) is 15.3 Å². The van der Waals surface area contributed by atoms with Crippen molar-refractivity contribution in [2.24, 2.45) is 0 Å². The van der Waals surface area contributed by atoms with Crippen molar-refractivity contribution in [2.45, 2.75) is 26.8 Å². The molecule has 1 aliphatic heterocycles.